The molecular weight excluding hydrogens is 903 g/mol. The average molecular weight is 972 g/mol. The van der Waals surface area contributed by atoms with Crippen LogP contribution in [0, 0.1) is 25.2 Å². The van der Waals surface area contributed by atoms with E-state index in [-0.39, 0.29) is 49.8 Å². The summed E-state index contributed by atoms with van der Waals surface area (Å²) in [6.45, 7) is 12.5. The van der Waals surface area contributed by atoms with Crippen LogP contribution in [0.25, 0.3) is 0 Å². The van der Waals surface area contributed by atoms with Gasteiger partial charge in [0, 0.05) is 31.4 Å². The summed E-state index contributed by atoms with van der Waals surface area (Å²) in [5.74, 6) is -6.03. The number of carbonyl (C=O) groups excluding carboxylic acids is 8. The van der Waals surface area contributed by atoms with Crippen molar-refractivity contribution in [2.24, 2.45) is 11.3 Å². The molecule has 0 unspecified atom stereocenters. The van der Waals surface area contributed by atoms with Gasteiger partial charge in [-0.3, -0.25) is 38.5 Å². The van der Waals surface area contributed by atoms with Crippen molar-refractivity contribution in [1.29, 1.82) is 0 Å². The molecule has 3 aliphatic rings. The zero-order chi connectivity index (χ0) is 51.5. The molecule has 3 fully saturated rings. The molecule has 5 rings (SSSR count). The van der Waals surface area contributed by atoms with E-state index in [1.165, 1.54) is 25.4 Å². The van der Waals surface area contributed by atoms with E-state index in [9.17, 15) is 48.3 Å². The van der Waals surface area contributed by atoms with Crippen LogP contribution in [0.2, 0.25) is 0 Å². The van der Waals surface area contributed by atoms with Crippen molar-refractivity contribution >= 4 is 53.2 Å². The number of hydrogen-bond acceptors (Lipinski definition) is 12. The highest BCUT2D eigenvalue weighted by atomic mass is 16.5. The Hall–Kier alpha value is -6.66. The van der Waals surface area contributed by atoms with Crippen LogP contribution in [-0.2, 0) is 38.3 Å². The number of carbonyl (C=O) groups is 9. The number of methoxy groups -OCH3 is 1. The second kappa shape index (κ2) is 23.8. The van der Waals surface area contributed by atoms with Crippen LogP contribution in [0.1, 0.15) is 131 Å². The summed E-state index contributed by atoms with van der Waals surface area (Å²) in [5, 5.41) is 21.0. The molecule has 1 aromatic carbocycles. The number of para-hydroxylation sites is 1. The van der Waals surface area contributed by atoms with Crippen molar-refractivity contribution in [3.05, 3.63) is 71.1 Å². The summed E-state index contributed by atoms with van der Waals surface area (Å²) in [7, 11) is 1.19. The molecule has 0 bridgehead atoms. The third kappa shape index (κ3) is 13.4. The van der Waals surface area contributed by atoms with E-state index in [0.717, 1.165) is 53.3 Å². The van der Waals surface area contributed by atoms with Gasteiger partial charge in [0.25, 0.3) is 5.91 Å². The maximum Gasteiger partial charge on any atom is 0.338 e. The number of benzene rings is 1. The van der Waals surface area contributed by atoms with Crippen molar-refractivity contribution in [1.82, 2.24) is 36.1 Å². The first-order chi connectivity index (χ1) is 33.1. The second-order valence-corrected chi connectivity index (χ2v) is 19.9. The molecular formula is C51H69N7O12. The van der Waals surface area contributed by atoms with Crippen molar-refractivity contribution in [2.45, 2.75) is 148 Å². The third-order valence-electron chi connectivity index (χ3n) is 13.5. The van der Waals surface area contributed by atoms with Gasteiger partial charge in [0.2, 0.25) is 29.5 Å². The van der Waals surface area contributed by atoms with Crippen molar-refractivity contribution < 1.29 is 57.7 Å². The SMILES string of the molecule is COC(=O)/C=C/CC[C@H](NC(=O)c1ccncc1C(=O)O)C(=O)N[C@H](C(=O)N1CC(=O)C[C@H]1C(=O)N[C@H](C(=O)N1CCC[C@@]1(C)C(=O)N[C@H](C)COc1c(C)cccc1C)C1CCCCC1)C(C)(C)C. The fourth-order valence-electron chi connectivity index (χ4n) is 9.47. The van der Waals surface area contributed by atoms with Crippen LogP contribution < -0.4 is 26.0 Å². The van der Waals surface area contributed by atoms with E-state index >= 15 is 0 Å². The number of esters is 1. The Kier molecular flexibility index (Phi) is 18.4. The summed E-state index contributed by atoms with van der Waals surface area (Å²) >= 11 is 0. The molecule has 19 heteroatoms. The Morgan fingerprint density at radius 3 is 2.26 bits per heavy atom. The molecule has 6 atom stereocenters. The van der Waals surface area contributed by atoms with Crippen molar-refractivity contribution in [3.8, 4) is 5.75 Å². The number of likely N-dealkylation sites (tertiary alicyclic amines) is 2. The minimum absolute atomic E-state index is 0.0665. The lowest BCUT2D eigenvalue weighted by molar-refractivity contribution is -0.149. The Morgan fingerprint density at radius 2 is 1.61 bits per heavy atom. The van der Waals surface area contributed by atoms with Gasteiger partial charge < -0.3 is 45.6 Å². The first-order valence-corrected chi connectivity index (χ1v) is 24.0. The lowest BCUT2D eigenvalue weighted by atomic mass is 9.82. The lowest BCUT2D eigenvalue weighted by Crippen LogP contribution is -2.64. The predicted octanol–water partition coefficient (Wildman–Crippen LogP) is 3.74. The summed E-state index contributed by atoms with van der Waals surface area (Å²) in [5.41, 5.74) is -1.02. The van der Waals surface area contributed by atoms with E-state index in [1.54, 1.807) is 32.6 Å². The highest BCUT2D eigenvalue weighted by Crippen LogP contribution is 2.35. The first-order valence-electron chi connectivity index (χ1n) is 24.0. The number of carboxylic acids is 1. The normalized spacial score (nSPS) is 20.2. The summed E-state index contributed by atoms with van der Waals surface area (Å²) in [6, 6.07) is 1.48. The van der Waals surface area contributed by atoms with Crippen LogP contribution in [0.5, 0.6) is 5.75 Å². The van der Waals surface area contributed by atoms with Crippen molar-refractivity contribution in [3.63, 3.8) is 0 Å². The molecule has 1 saturated carbocycles. The van der Waals surface area contributed by atoms with E-state index in [2.05, 4.69) is 31.0 Å². The standard InChI is InChI=1S/C51H69N7O12/c1-30-16-14-17-31(2)41(30)70-29-32(3)53-49(68)51(7)23-15-25-58(51)46(64)40(33-18-10-9-11-19-33)55-45(63)38-26-34(59)28-57(38)47(65)42(50(4,5)6)56-44(62)37(20-12-13-21-39(60)69-8)54-43(61)35-22-24-52-27-36(35)48(66)67/h13-14,16-17,21-22,24,27,32-33,37-38,40,42H,9-12,15,18-20,23,25-26,28-29H2,1-8H3,(H,53,68)(H,54,61)(H,55,63)(H,56,62)(H,66,67)/b21-13+/t32-,37+,38+,40+,42-,51+/m1/s1. The van der Waals surface area contributed by atoms with Gasteiger partial charge >= 0.3 is 11.9 Å². The Bertz CT molecular complexity index is 2320. The van der Waals surface area contributed by atoms with Crippen molar-refractivity contribution in [2.75, 3.05) is 26.8 Å². The third-order valence-corrected chi connectivity index (χ3v) is 13.5. The number of nitrogens with one attached hydrogen (secondary N) is 4. The van der Waals surface area contributed by atoms with Gasteiger partial charge in [-0.2, -0.15) is 0 Å². The number of amides is 6. The quantitative estimate of drug-likeness (QED) is 0.0995. The number of pyridine rings is 1. The van der Waals surface area contributed by atoms with E-state index in [0.29, 0.717) is 25.7 Å². The highest BCUT2D eigenvalue weighted by Gasteiger charge is 2.51. The number of rotatable bonds is 19. The number of Topliss-reactive ketones (excluding diaryl/α,β-unsaturated/α-hetero) is 1. The fraction of sp³-hybridized carbons (Fsp3) is 0.569. The van der Waals surface area contributed by atoms with Crippen LogP contribution in [-0.4, -0.2) is 136 Å². The molecule has 3 heterocycles. The zero-order valence-electron chi connectivity index (χ0n) is 41.6. The average Bonchev–Trinajstić information content (AvgIpc) is 3.92. The van der Waals surface area contributed by atoms with E-state index < -0.39 is 101 Å². The van der Waals surface area contributed by atoms with Gasteiger partial charge in [-0.05, 0) is 94.7 Å². The Morgan fingerprint density at radius 1 is 0.929 bits per heavy atom. The molecule has 2 aliphatic heterocycles. The maximum atomic E-state index is 14.9. The van der Waals surface area contributed by atoms with Gasteiger partial charge in [-0.15, -0.1) is 0 Å². The molecule has 2 saturated heterocycles. The fourth-order valence-corrected chi connectivity index (χ4v) is 9.47. The molecule has 0 radical (unpaired) electrons. The predicted molar refractivity (Wildman–Crippen MR) is 256 cm³/mol. The van der Waals surface area contributed by atoms with Gasteiger partial charge in [0.1, 0.15) is 42.1 Å². The van der Waals surface area contributed by atoms with Gasteiger partial charge in [0.15, 0.2) is 5.78 Å². The number of nitrogens with zero attached hydrogens (tertiary/aromatic N) is 3. The summed E-state index contributed by atoms with van der Waals surface area (Å²) in [6.07, 6.45) is 9.22. The van der Waals surface area contributed by atoms with E-state index in [1.807, 2.05) is 39.0 Å². The molecule has 70 heavy (non-hydrogen) atoms. The van der Waals surface area contributed by atoms with Crippen LogP contribution in [0.4, 0.5) is 0 Å². The highest BCUT2D eigenvalue weighted by molar-refractivity contribution is 6.06. The van der Waals surface area contributed by atoms with Gasteiger partial charge in [0.05, 0.1) is 30.8 Å². The topological polar surface area (TPSA) is 260 Å². The number of ether oxygens (including phenoxy) is 2. The van der Waals surface area contributed by atoms with Gasteiger partial charge in [-0.1, -0.05) is 64.3 Å². The molecule has 2 aromatic rings. The largest absolute Gasteiger partial charge is 0.491 e. The minimum Gasteiger partial charge on any atom is -0.491 e. The summed E-state index contributed by atoms with van der Waals surface area (Å²) < 4.78 is 10.7. The summed E-state index contributed by atoms with van der Waals surface area (Å²) in [4.78, 5) is 129. The zero-order valence-corrected chi connectivity index (χ0v) is 41.6. The first kappa shape index (κ1) is 54.3. The monoisotopic (exact) mass is 972 g/mol. The number of ketones is 1. The van der Waals surface area contributed by atoms with Crippen LogP contribution in [0.15, 0.2) is 48.8 Å². The Labute approximate surface area is 409 Å². The van der Waals surface area contributed by atoms with E-state index in [4.69, 9.17) is 4.74 Å². The molecule has 1 aliphatic carbocycles. The lowest BCUT2D eigenvalue weighted by Gasteiger charge is -2.40. The molecule has 6 amide bonds. The second-order valence-electron chi connectivity index (χ2n) is 19.9. The van der Waals surface area contributed by atoms with Gasteiger partial charge in [-0.25, -0.2) is 9.59 Å². The molecule has 5 N–H and O–H groups in total. The molecule has 19 nitrogen and oxygen atoms in total. The van der Waals surface area contributed by atoms with Crippen LogP contribution >= 0.6 is 0 Å². The maximum absolute atomic E-state index is 14.9. The smallest absolute Gasteiger partial charge is 0.338 e. The molecule has 0 spiro atoms. The number of aryl methyl sites for hydroxylation is 2. The number of aromatic nitrogens is 1. The number of allylic oxidation sites excluding steroid dienone is 1. The Balaban J connectivity index is 1.35. The number of aromatic carboxylic acids is 1. The van der Waals surface area contributed by atoms with Crippen LogP contribution in [0.3, 0.4) is 0 Å². The molecule has 380 valence electrons. The minimum atomic E-state index is -1.43. The number of carboxylic acid groups (broad SMARTS) is 1. The number of hydrogen-bond donors (Lipinski definition) is 5. The molecule has 1 aromatic heterocycles.